The Morgan fingerprint density at radius 3 is 1.87 bits per heavy atom. The van der Waals surface area contributed by atoms with Crippen molar-refractivity contribution in [3.8, 4) is 11.3 Å². The molecule has 0 saturated heterocycles. The van der Waals surface area contributed by atoms with Crippen LogP contribution < -0.4 is 5.32 Å². The number of amides is 1. The molecule has 1 aromatic heterocycles. The lowest BCUT2D eigenvalue weighted by atomic mass is 9.82. The zero-order valence-corrected chi connectivity index (χ0v) is 22.3. The minimum atomic E-state index is -5.00. The summed E-state index contributed by atoms with van der Waals surface area (Å²) in [7, 11) is 0. The maximum Gasteiger partial charge on any atom is 0.416 e. The lowest BCUT2D eigenvalue weighted by Gasteiger charge is -2.30. The number of fused-ring (bicyclic) bond motifs is 1. The first kappa shape index (κ1) is 29.5. The van der Waals surface area contributed by atoms with Crippen LogP contribution in [0.25, 0.3) is 22.2 Å². The molecule has 10 heteroatoms. The molecule has 2 N–H and O–H groups in total. The van der Waals surface area contributed by atoms with Crippen LogP contribution in [0.2, 0.25) is 0 Å². The molecule has 0 fully saturated rings. The Balaban J connectivity index is 2.32. The van der Waals surface area contributed by atoms with E-state index in [1.165, 1.54) is 11.5 Å². The lowest BCUT2D eigenvalue weighted by molar-refractivity contribution is -0.143. The zero-order valence-electron chi connectivity index (χ0n) is 22.3. The Morgan fingerprint density at radius 1 is 0.895 bits per heavy atom. The third kappa shape index (κ3) is 6.00. The Morgan fingerprint density at radius 2 is 1.42 bits per heavy atom. The van der Waals surface area contributed by atoms with Crippen molar-refractivity contribution < 1.29 is 36.2 Å². The number of rotatable bonds is 5. The van der Waals surface area contributed by atoms with E-state index in [4.69, 9.17) is 0 Å². The number of nitrogens with zero attached hydrogens (tertiary/aromatic N) is 1. The number of benzene rings is 2. The molecule has 1 atom stereocenters. The summed E-state index contributed by atoms with van der Waals surface area (Å²) >= 11 is 0. The van der Waals surface area contributed by atoms with Crippen LogP contribution in [0.5, 0.6) is 0 Å². The summed E-state index contributed by atoms with van der Waals surface area (Å²) in [4.78, 5) is 13.0. The first-order chi connectivity index (χ1) is 17.1. The smallest absolute Gasteiger partial charge is 0.392 e. The largest absolute Gasteiger partial charge is 0.416 e. The topological polar surface area (TPSA) is 54.3 Å². The van der Waals surface area contributed by atoms with Gasteiger partial charge >= 0.3 is 12.4 Å². The third-order valence-electron chi connectivity index (χ3n) is 6.40. The second-order valence-electron chi connectivity index (χ2n) is 11.3. The van der Waals surface area contributed by atoms with Crippen molar-refractivity contribution in [3.05, 3.63) is 58.7 Å². The fraction of sp³-hybridized carbons (Fsp3) is 0.464. The molecule has 0 aliphatic rings. The van der Waals surface area contributed by atoms with Gasteiger partial charge in [-0.1, -0.05) is 6.07 Å². The van der Waals surface area contributed by atoms with Crippen LogP contribution in [0.1, 0.15) is 63.8 Å². The van der Waals surface area contributed by atoms with Crippen LogP contribution in [-0.2, 0) is 29.1 Å². The molecule has 0 spiro atoms. The van der Waals surface area contributed by atoms with Gasteiger partial charge in [-0.15, -0.1) is 0 Å². The van der Waals surface area contributed by atoms with E-state index in [9.17, 15) is 36.2 Å². The molecule has 0 aliphatic carbocycles. The van der Waals surface area contributed by atoms with Crippen LogP contribution in [0.15, 0.2) is 36.4 Å². The SMILES string of the molecule is Cc1c(-c2cc(C(F)(F)F)cc(C(F)(F)F)c2)n(CC(C)O)c2ccc(C(C)(C)C(=O)NC(C)(C)C)cc12. The van der Waals surface area contributed by atoms with E-state index in [0.29, 0.717) is 34.2 Å². The van der Waals surface area contributed by atoms with Gasteiger partial charge < -0.3 is 15.0 Å². The van der Waals surface area contributed by atoms with E-state index in [2.05, 4.69) is 5.32 Å². The second-order valence-corrected chi connectivity index (χ2v) is 11.3. The van der Waals surface area contributed by atoms with Gasteiger partial charge in [0.1, 0.15) is 0 Å². The highest BCUT2D eigenvalue weighted by Crippen LogP contribution is 2.42. The molecule has 0 aliphatic heterocycles. The van der Waals surface area contributed by atoms with E-state index in [0.717, 1.165) is 0 Å². The third-order valence-corrected chi connectivity index (χ3v) is 6.40. The predicted molar refractivity (Wildman–Crippen MR) is 135 cm³/mol. The Hall–Kier alpha value is -3.01. The molecule has 0 bridgehead atoms. The number of halogens is 6. The first-order valence-electron chi connectivity index (χ1n) is 12.1. The molecule has 0 saturated carbocycles. The van der Waals surface area contributed by atoms with E-state index in [-0.39, 0.29) is 29.8 Å². The quantitative estimate of drug-likeness (QED) is 0.334. The number of carbonyl (C=O) groups is 1. The van der Waals surface area contributed by atoms with Gasteiger partial charge in [0.25, 0.3) is 0 Å². The normalized spacial score (nSPS) is 14.2. The summed E-state index contributed by atoms with van der Waals surface area (Å²) in [5, 5.41) is 13.6. The highest BCUT2D eigenvalue weighted by atomic mass is 19.4. The highest BCUT2D eigenvalue weighted by Gasteiger charge is 2.38. The van der Waals surface area contributed by atoms with Crippen LogP contribution in [0.3, 0.4) is 0 Å². The van der Waals surface area contributed by atoms with Gasteiger partial charge in [0.05, 0.1) is 28.3 Å². The highest BCUT2D eigenvalue weighted by molar-refractivity contribution is 5.95. The summed E-state index contributed by atoms with van der Waals surface area (Å²) in [6.45, 7) is 12.0. The van der Waals surface area contributed by atoms with E-state index >= 15 is 0 Å². The maximum atomic E-state index is 13.6. The van der Waals surface area contributed by atoms with Crippen molar-refractivity contribution in [1.29, 1.82) is 0 Å². The first-order valence-corrected chi connectivity index (χ1v) is 12.1. The zero-order chi connectivity index (χ0) is 29.0. The summed E-state index contributed by atoms with van der Waals surface area (Å²) in [6, 6.07) is 6.59. The maximum absolute atomic E-state index is 13.6. The number of aliphatic hydroxyl groups is 1. The molecular formula is C28H32F6N2O2. The van der Waals surface area contributed by atoms with Crippen molar-refractivity contribution in [1.82, 2.24) is 9.88 Å². The predicted octanol–water partition coefficient (Wildman–Crippen LogP) is 7.23. The average Bonchev–Trinajstić information content (AvgIpc) is 3.01. The van der Waals surface area contributed by atoms with E-state index in [1.54, 1.807) is 39.0 Å². The Bertz CT molecular complexity index is 1330. The summed E-state index contributed by atoms with van der Waals surface area (Å²) < 4.78 is 83.1. The standard InChI is InChI=1S/C28H32F6N2O2/c1-15(37)14-36-22-9-8-18(26(6,7)24(38)35-25(3,4)5)13-21(22)16(2)23(36)17-10-19(27(29,30)31)12-20(11-17)28(32,33)34/h8-13,15,37H,14H2,1-7H3,(H,35,38). The minimum Gasteiger partial charge on any atom is -0.392 e. The number of hydrogen-bond acceptors (Lipinski definition) is 2. The van der Waals surface area contributed by atoms with Crippen molar-refractivity contribution in [2.75, 3.05) is 0 Å². The molecule has 208 valence electrons. The van der Waals surface area contributed by atoms with Crippen LogP contribution >= 0.6 is 0 Å². The molecule has 1 unspecified atom stereocenters. The fourth-order valence-corrected chi connectivity index (χ4v) is 4.46. The number of alkyl halides is 6. The summed E-state index contributed by atoms with van der Waals surface area (Å²) in [5.74, 6) is -0.238. The molecule has 1 amide bonds. The number of carbonyl (C=O) groups excluding carboxylic acids is 1. The van der Waals surface area contributed by atoms with E-state index in [1.807, 2.05) is 20.8 Å². The monoisotopic (exact) mass is 542 g/mol. The molecule has 4 nitrogen and oxygen atoms in total. The van der Waals surface area contributed by atoms with Crippen molar-refractivity contribution in [2.24, 2.45) is 0 Å². The minimum absolute atomic E-state index is 0.0650. The van der Waals surface area contributed by atoms with Gasteiger partial charge in [-0.25, -0.2) is 0 Å². The van der Waals surface area contributed by atoms with Crippen LogP contribution in [0.4, 0.5) is 26.3 Å². The van der Waals surface area contributed by atoms with Gasteiger partial charge in [0, 0.05) is 23.0 Å². The van der Waals surface area contributed by atoms with Crippen molar-refractivity contribution in [3.63, 3.8) is 0 Å². The van der Waals surface area contributed by atoms with E-state index < -0.39 is 40.5 Å². The lowest BCUT2D eigenvalue weighted by Crippen LogP contribution is -2.48. The average molecular weight is 543 g/mol. The fourth-order valence-electron chi connectivity index (χ4n) is 4.46. The molecule has 38 heavy (non-hydrogen) atoms. The van der Waals surface area contributed by atoms with Crippen LogP contribution in [0, 0.1) is 6.92 Å². The van der Waals surface area contributed by atoms with Crippen molar-refractivity contribution >= 4 is 16.8 Å². The molecule has 1 heterocycles. The number of aryl methyl sites for hydroxylation is 1. The molecule has 2 aromatic carbocycles. The summed E-state index contributed by atoms with van der Waals surface area (Å²) in [5.41, 5.74) is -2.88. The molecule has 3 aromatic rings. The van der Waals surface area contributed by atoms with Gasteiger partial charge in [-0.3, -0.25) is 4.79 Å². The van der Waals surface area contributed by atoms with Gasteiger partial charge in [-0.05, 0) is 95.5 Å². The van der Waals surface area contributed by atoms with Crippen LogP contribution in [-0.4, -0.2) is 27.2 Å². The van der Waals surface area contributed by atoms with Crippen molar-refractivity contribution in [2.45, 2.75) is 84.4 Å². The Kier molecular flexibility index (Phi) is 7.48. The number of nitrogens with one attached hydrogen (secondary N) is 1. The number of aromatic nitrogens is 1. The van der Waals surface area contributed by atoms with Gasteiger partial charge in [-0.2, -0.15) is 26.3 Å². The number of aliphatic hydroxyl groups excluding tert-OH is 1. The molecule has 3 rings (SSSR count). The molecular weight excluding hydrogens is 510 g/mol. The summed E-state index contributed by atoms with van der Waals surface area (Å²) in [6.07, 6.45) is -10.9. The molecule has 0 radical (unpaired) electrons. The van der Waals surface area contributed by atoms with Gasteiger partial charge in [0.2, 0.25) is 5.91 Å². The second kappa shape index (κ2) is 9.63. The Labute approximate surface area is 217 Å². The number of hydrogen-bond donors (Lipinski definition) is 2. The van der Waals surface area contributed by atoms with Gasteiger partial charge in [0.15, 0.2) is 0 Å².